The van der Waals surface area contributed by atoms with Crippen molar-refractivity contribution in [2.24, 2.45) is 0 Å². The number of hydrogen-bond donors (Lipinski definition) is 1. The normalized spacial score (nSPS) is 11.2. The minimum atomic E-state index is -3.15. The number of rotatable bonds is 5. The van der Waals surface area contributed by atoms with Crippen LogP contribution in [0.25, 0.3) is 11.3 Å². The van der Waals surface area contributed by atoms with Gasteiger partial charge in [-0.05, 0) is 12.1 Å². The number of aromatic nitrogens is 1. The second kappa shape index (κ2) is 5.54. The van der Waals surface area contributed by atoms with Crippen LogP contribution in [0.1, 0.15) is 0 Å². The molecule has 1 N–H and O–H groups in total. The summed E-state index contributed by atoms with van der Waals surface area (Å²) in [4.78, 5) is 4.74. The van der Waals surface area contributed by atoms with Gasteiger partial charge in [0.15, 0.2) is 15.0 Å². The predicted molar refractivity (Wildman–Crippen MR) is 79.3 cm³/mol. The van der Waals surface area contributed by atoms with E-state index in [9.17, 15) is 8.42 Å². The zero-order valence-electron chi connectivity index (χ0n) is 10.5. The van der Waals surface area contributed by atoms with Gasteiger partial charge in [-0.3, -0.25) is 0 Å². The molecule has 0 aliphatic carbocycles. The van der Waals surface area contributed by atoms with E-state index < -0.39 is 9.84 Å². The first-order chi connectivity index (χ1) is 9.00. The van der Waals surface area contributed by atoms with Gasteiger partial charge in [0.1, 0.15) is 0 Å². The molecule has 0 saturated carbocycles. The van der Waals surface area contributed by atoms with Gasteiger partial charge < -0.3 is 5.32 Å². The summed E-state index contributed by atoms with van der Waals surface area (Å²) >= 11 is 1.51. The van der Waals surface area contributed by atoms with Gasteiger partial charge in [-0.25, -0.2) is 13.4 Å². The van der Waals surface area contributed by atoms with E-state index in [1.54, 1.807) is 30.3 Å². The number of anilines is 1. The number of thiazole rings is 1. The van der Waals surface area contributed by atoms with E-state index in [0.717, 1.165) is 16.4 Å². The molecule has 0 radical (unpaired) electrons. The molecule has 0 spiro atoms. The van der Waals surface area contributed by atoms with Crippen molar-refractivity contribution in [3.63, 3.8) is 0 Å². The number of sulfone groups is 1. The standard InChI is InChI=1S/C13H14N2O2S2/c1-3-8-14-13-15-12(9-18-13)10-4-6-11(7-5-10)19(2,16)17/h3-7,9H,1,8H2,2H3,(H,14,15). The third-order valence-corrected chi connectivity index (χ3v) is 4.41. The molecule has 6 heteroatoms. The summed E-state index contributed by atoms with van der Waals surface area (Å²) in [5, 5.41) is 5.87. The first-order valence-electron chi connectivity index (χ1n) is 5.61. The molecule has 100 valence electrons. The average molecular weight is 294 g/mol. The zero-order valence-corrected chi connectivity index (χ0v) is 12.1. The number of nitrogens with zero attached hydrogens (tertiary/aromatic N) is 1. The van der Waals surface area contributed by atoms with Crippen LogP contribution in [0, 0.1) is 0 Å². The predicted octanol–water partition coefficient (Wildman–Crippen LogP) is 2.81. The highest BCUT2D eigenvalue weighted by Gasteiger charge is 2.08. The molecule has 1 heterocycles. The number of hydrogen-bond acceptors (Lipinski definition) is 5. The maximum Gasteiger partial charge on any atom is 0.183 e. The largest absolute Gasteiger partial charge is 0.358 e. The van der Waals surface area contributed by atoms with E-state index >= 15 is 0 Å². The first-order valence-corrected chi connectivity index (χ1v) is 8.38. The Bertz CT molecular complexity index is 673. The van der Waals surface area contributed by atoms with Crippen LogP contribution in [0.4, 0.5) is 5.13 Å². The fourth-order valence-corrected chi connectivity index (χ4v) is 2.88. The van der Waals surface area contributed by atoms with Gasteiger partial charge in [0.05, 0.1) is 10.6 Å². The van der Waals surface area contributed by atoms with E-state index in [-0.39, 0.29) is 0 Å². The molecule has 1 aromatic carbocycles. The summed E-state index contributed by atoms with van der Waals surface area (Å²) in [6.45, 7) is 4.30. The van der Waals surface area contributed by atoms with Gasteiger partial charge in [-0.15, -0.1) is 17.9 Å². The average Bonchev–Trinajstić information content (AvgIpc) is 2.84. The third-order valence-electron chi connectivity index (χ3n) is 2.48. The van der Waals surface area contributed by atoms with Gasteiger partial charge in [0, 0.05) is 23.7 Å². The van der Waals surface area contributed by atoms with Crippen LogP contribution in [-0.4, -0.2) is 26.2 Å². The molecule has 0 atom stereocenters. The Labute approximate surface area is 116 Å². The molecular weight excluding hydrogens is 280 g/mol. The minimum absolute atomic E-state index is 0.316. The van der Waals surface area contributed by atoms with E-state index in [1.165, 1.54) is 17.6 Å². The summed E-state index contributed by atoms with van der Waals surface area (Å²) < 4.78 is 22.7. The SMILES string of the molecule is C=CCNc1nc(-c2ccc(S(C)(=O)=O)cc2)cs1. The Morgan fingerprint density at radius 2 is 2.05 bits per heavy atom. The van der Waals surface area contributed by atoms with Crippen LogP contribution in [0.5, 0.6) is 0 Å². The fourth-order valence-electron chi connectivity index (χ4n) is 1.52. The van der Waals surface area contributed by atoms with E-state index in [0.29, 0.717) is 11.4 Å². The first kappa shape index (κ1) is 13.8. The smallest absolute Gasteiger partial charge is 0.183 e. The Morgan fingerprint density at radius 3 is 2.63 bits per heavy atom. The van der Waals surface area contributed by atoms with Gasteiger partial charge in [-0.1, -0.05) is 18.2 Å². The molecule has 2 rings (SSSR count). The van der Waals surface area contributed by atoms with Gasteiger partial charge in [-0.2, -0.15) is 0 Å². The molecule has 0 saturated heterocycles. The van der Waals surface area contributed by atoms with Crippen LogP contribution < -0.4 is 5.32 Å². The topological polar surface area (TPSA) is 59.1 Å². The fraction of sp³-hybridized carbons (Fsp3) is 0.154. The lowest BCUT2D eigenvalue weighted by Crippen LogP contribution is -1.97. The van der Waals surface area contributed by atoms with Crippen molar-refractivity contribution >= 4 is 26.3 Å². The van der Waals surface area contributed by atoms with E-state index in [1.807, 2.05) is 5.38 Å². The number of nitrogens with one attached hydrogen (secondary N) is 1. The summed E-state index contributed by atoms with van der Waals surface area (Å²) in [7, 11) is -3.15. The molecule has 0 fully saturated rings. The van der Waals surface area contributed by atoms with Crippen LogP contribution >= 0.6 is 11.3 Å². The molecule has 0 bridgehead atoms. The monoisotopic (exact) mass is 294 g/mol. The molecule has 19 heavy (non-hydrogen) atoms. The lowest BCUT2D eigenvalue weighted by Gasteiger charge is -2.00. The van der Waals surface area contributed by atoms with E-state index in [2.05, 4.69) is 16.9 Å². The Hall–Kier alpha value is -1.66. The number of benzene rings is 1. The highest BCUT2D eigenvalue weighted by molar-refractivity contribution is 7.90. The lowest BCUT2D eigenvalue weighted by molar-refractivity contribution is 0.602. The lowest BCUT2D eigenvalue weighted by atomic mass is 10.2. The maximum absolute atomic E-state index is 11.4. The summed E-state index contributed by atoms with van der Waals surface area (Å²) in [5.41, 5.74) is 1.73. The maximum atomic E-state index is 11.4. The van der Waals surface area contributed by atoms with Crippen LogP contribution in [-0.2, 0) is 9.84 Å². The molecular formula is C13H14N2O2S2. The highest BCUT2D eigenvalue weighted by atomic mass is 32.2. The molecule has 4 nitrogen and oxygen atoms in total. The van der Waals surface area contributed by atoms with Gasteiger partial charge in [0.2, 0.25) is 0 Å². The minimum Gasteiger partial charge on any atom is -0.358 e. The second-order valence-electron chi connectivity index (χ2n) is 4.00. The van der Waals surface area contributed by atoms with Crippen molar-refractivity contribution < 1.29 is 8.42 Å². The zero-order chi connectivity index (χ0) is 13.9. The van der Waals surface area contributed by atoms with Crippen molar-refractivity contribution in [3.05, 3.63) is 42.3 Å². The molecule has 1 aromatic heterocycles. The van der Waals surface area contributed by atoms with Crippen molar-refractivity contribution in [2.75, 3.05) is 18.1 Å². The van der Waals surface area contributed by atoms with Crippen molar-refractivity contribution in [1.82, 2.24) is 4.98 Å². The van der Waals surface area contributed by atoms with Crippen molar-refractivity contribution in [3.8, 4) is 11.3 Å². The van der Waals surface area contributed by atoms with Crippen LogP contribution in [0.15, 0.2) is 47.2 Å². The molecule has 0 aliphatic rings. The second-order valence-corrected chi connectivity index (χ2v) is 6.88. The van der Waals surface area contributed by atoms with Crippen LogP contribution in [0.3, 0.4) is 0 Å². The molecule has 0 aliphatic heterocycles. The van der Waals surface area contributed by atoms with E-state index in [4.69, 9.17) is 0 Å². The summed E-state index contributed by atoms with van der Waals surface area (Å²) in [6, 6.07) is 6.73. The Kier molecular flexibility index (Phi) is 4.01. The van der Waals surface area contributed by atoms with Crippen LogP contribution in [0.2, 0.25) is 0 Å². The van der Waals surface area contributed by atoms with Crippen molar-refractivity contribution in [2.45, 2.75) is 4.90 Å². The Balaban J connectivity index is 2.22. The quantitative estimate of drug-likeness (QED) is 0.861. The Morgan fingerprint density at radius 1 is 1.37 bits per heavy atom. The molecule has 0 amide bonds. The molecule has 0 unspecified atom stereocenters. The van der Waals surface area contributed by atoms with Crippen molar-refractivity contribution in [1.29, 1.82) is 0 Å². The molecule has 2 aromatic rings. The van der Waals surface area contributed by atoms with Gasteiger partial charge in [0.25, 0.3) is 0 Å². The highest BCUT2D eigenvalue weighted by Crippen LogP contribution is 2.25. The summed E-state index contributed by atoms with van der Waals surface area (Å²) in [6.07, 6.45) is 2.96. The summed E-state index contributed by atoms with van der Waals surface area (Å²) in [5.74, 6) is 0. The van der Waals surface area contributed by atoms with Gasteiger partial charge >= 0.3 is 0 Å². The third kappa shape index (κ3) is 3.42.